The third kappa shape index (κ3) is 8.68. The van der Waals surface area contributed by atoms with Gasteiger partial charge in [-0.1, -0.05) is 39.2 Å². The van der Waals surface area contributed by atoms with Gasteiger partial charge in [0, 0.05) is 12.1 Å². The van der Waals surface area contributed by atoms with Crippen LogP contribution in [0, 0.1) is 0 Å². The minimum Gasteiger partial charge on any atom is -0.311 e. The van der Waals surface area contributed by atoms with E-state index in [1.54, 1.807) is 0 Å². The van der Waals surface area contributed by atoms with E-state index in [0.29, 0.717) is 6.04 Å². The topological polar surface area (TPSA) is 12.0 Å². The van der Waals surface area contributed by atoms with Crippen LogP contribution < -0.4 is 5.32 Å². The summed E-state index contributed by atoms with van der Waals surface area (Å²) < 4.78 is 0. The molecule has 0 radical (unpaired) electrons. The van der Waals surface area contributed by atoms with Gasteiger partial charge in [-0.3, -0.25) is 0 Å². The summed E-state index contributed by atoms with van der Waals surface area (Å²) in [6.07, 6.45) is 11.0. The van der Waals surface area contributed by atoms with Gasteiger partial charge in [0.25, 0.3) is 0 Å². The van der Waals surface area contributed by atoms with Crippen molar-refractivity contribution < 1.29 is 0 Å². The van der Waals surface area contributed by atoms with Crippen LogP contribution in [0.15, 0.2) is 12.7 Å². The van der Waals surface area contributed by atoms with Crippen molar-refractivity contribution in [3.8, 4) is 0 Å². The molecule has 0 aliphatic heterocycles. The lowest BCUT2D eigenvalue weighted by Gasteiger charge is -2.22. The molecule has 0 aromatic rings. The van der Waals surface area contributed by atoms with Gasteiger partial charge in [0.05, 0.1) is 0 Å². The summed E-state index contributed by atoms with van der Waals surface area (Å²) in [4.78, 5) is 0. The first-order chi connectivity index (χ1) is 7.24. The van der Waals surface area contributed by atoms with Gasteiger partial charge in [-0.05, 0) is 32.6 Å². The number of rotatable bonds is 10. The molecule has 0 heterocycles. The zero-order valence-electron chi connectivity index (χ0n) is 10.9. The maximum absolute atomic E-state index is 3.77. The van der Waals surface area contributed by atoms with E-state index in [1.807, 2.05) is 6.08 Å². The lowest BCUT2D eigenvalue weighted by molar-refractivity contribution is 0.380. The molecule has 0 aliphatic rings. The highest BCUT2D eigenvalue weighted by molar-refractivity contribution is 4.75. The Bertz CT molecular complexity index is 142. The van der Waals surface area contributed by atoms with E-state index in [9.17, 15) is 0 Å². The van der Waals surface area contributed by atoms with Crippen LogP contribution in [0.25, 0.3) is 0 Å². The van der Waals surface area contributed by atoms with E-state index in [-0.39, 0.29) is 0 Å². The third-order valence-corrected chi connectivity index (χ3v) is 2.87. The second kappa shape index (κ2) is 10.2. The van der Waals surface area contributed by atoms with Crippen LogP contribution in [-0.2, 0) is 0 Å². The fourth-order valence-electron chi connectivity index (χ4n) is 1.96. The van der Waals surface area contributed by atoms with Crippen LogP contribution in [0.3, 0.4) is 0 Å². The number of allylic oxidation sites excluding steroid dienone is 1. The van der Waals surface area contributed by atoms with Crippen LogP contribution >= 0.6 is 0 Å². The SMILES string of the molecule is C=CCCC(C)NC(CCC)CCCC. The van der Waals surface area contributed by atoms with E-state index in [4.69, 9.17) is 0 Å². The zero-order chi connectivity index (χ0) is 11.5. The molecule has 2 atom stereocenters. The Morgan fingerprint density at radius 2 is 1.87 bits per heavy atom. The lowest BCUT2D eigenvalue weighted by Crippen LogP contribution is -2.36. The quantitative estimate of drug-likeness (QED) is 0.532. The predicted molar refractivity (Wildman–Crippen MR) is 70.2 cm³/mol. The molecule has 0 bridgehead atoms. The summed E-state index contributed by atoms with van der Waals surface area (Å²) in [5.74, 6) is 0. The van der Waals surface area contributed by atoms with Crippen LogP contribution in [0.5, 0.6) is 0 Å². The highest BCUT2D eigenvalue weighted by Gasteiger charge is 2.09. The van der Waals surface area contributed by atoms with Gasteiger partial charge in [-0.25, -0.2) is 0 Å². The largest absolute Gasteiger partial charge is 0.311 e. The van der Waals surface area contributed by atoms with Gasteiger partial charge in [0.15, 0.2) is 0 Å². The summed E-state index contributed by atoms with van der Waals surface area (Å²) in [6.45, 7) is 10.6. The third-order valence-electron chi connectivity index (χ3n) is 2.87. The fraction of sp³-hybridized carbons (Fsp3) is 0.857. The van der Waals surface area contributed by atoms with Crippen molar-refractivity contribution in [2.24, 2.45) is 0 Å². The second-order valence-corrected chi connectivity index (χ2v) is 4.56. The maximum Gasteiger partial charge on any atom is 0.00694 e. The average molecular weight is 211 g/mol. The normalized spacial score (nSPS) is 14.9. The first-order valence-electron chi connectivity index (χ1n) is 6.61. The number of hydrogen-bond donors (Lipinski definition) is 1. The highest BCUT2D eigenvalue weighted by Crippen LogP contribution is 2.09. The molecule has 0 aliphatic carbocycles. The molecule has 15 heavy (non-hydrogen) atoms. The van der Waals surface area contributed by atoms with Gasteiger partial charge < -0.3 is 5.32 Å². The van der Waals surface area contributed by atoms with Crippen LogP contribution in [0.2, 0.25) is 0 Å². The van der Waals surface area contributed by atoms with Crippen molar-refractivity contribution in [1.82, 2.24) is 5.32 Å². The van der Waals surface area contributed by atoms with Gasteiger partial charge in [-0.15, -0.1) is 6.58 Å². The summed E-state index contributed by atoms with van der Waals surface area (Å²) in [5, 5.41) is 3.74. The van der Waals surface area contributed by atoms with Gasteiger partial charge in [0.2, 0.25) is 0 Å². The molecule has 0 aromatic heterocycles. The van der Waals surface area contributed by atoms with Gasteiger partial charge in [-0.2, -0.15) is 0 Å². The Labute approximate surface area is 96.3 Å². The van der Waals surface area contributed by atoms with Gasteiger partial charge in [0.1, 0.15) is 0 Å². The van der Waals surface area contributed by atoms with Crippen molar-refractivity contribution in [2.75, 3.05) is 0 Å². The Morgan fingerprint density at radius 1 is 1.13 bits per heavy atom. The monoisotopic (exact) mass is 211 g/mol. The Balaban J connectivity index is 3.75. The fourth-order valence-corrected chi connectivity index (χ4v) is 1.96. The predicted octanol–water partition coefficient (Wildman–Crippen LogP) is 4.29. The standard InChI is InChI=1S/C14H29N/c1-5-8-11-13(4)15-14(10-7-3)12-9-6-2/h5,13-15H,1,6-12H2,2-4H3. The Morgan fingerprint density at radius 3 is 2.40 bits per heavy atom. The van der Waals surface area contributed by atoms with Crippen LogP contribution in [0.1, 0.15) is 65.7 Å². The summed E-state index contributed by atoms with van der Waals surface area (Å²) >= 11 is 0. The Hall–Kier alpha value is -0.300. The molecule has 0 saturated carbocycles. The molecule has 0 spiro atoms. The number of unbranched alkanes of at least 4 members (excludes halogenated alkanes) is 1. The summed E-state index contributed by atoms with van der Waals surface area (Å²) in [5.41, 5.74) is 0. The number of nitrogens with one attached hydrogen (secondary N) is 1. The molecule has 2 unspecified atom stereocenters. The minimum atomic E-state index is 0.636. The molecule has 1 nitrogen and oxygen atoms in total. The van der Waals surface area contributed by atoms with Crippen molar-refractivity contribution in [2.45, 2.75) is 77.8 Å². The van der Waals surface area contributed by atoms with Crippen molar-refractivity contribution in [3.05, 3.63) is 12.7 Å². The highest BCUT2D eigenvalue weighted by atomic mass is 14.9. The van der Waals surface area contributed by atoms with Crippen molar-refractivity contribution in [3.63, 3.8) is 0 Å². The molecule has 0 saturated heterocycles. The van der Waals surface area contributed by atoms with Crippen LogP contribution in [0.4, 0.5) is 0 Å². The molecular formula is C14H29N. The maximum atomic E-state index is 3.77. The average Bonchev–Trinajstić information content (AvgIpc) is 2.23. The minimum absolute atomic E-state index is 0.636. The smallest absolute Gasteiger partial charge is 0.00694 e. The van der Waals surface area contributed by atoms with E-state index >= 15 is 0 Å². The van der Waals surface area contributed by atoms with E-state index in [1.165, 1.54) is 38.5 Å². The van der Waals surface area contributed by atoms with Crippen molar-refractivity contribution in [1.29, 1.82) is 0 Å². The molecule has 0 rings (SSSR count). The number of hydrogen-bond acceptors (Lipinski definition) is 1. The van der Waals surface area contributed by atoms with Crippen molar-refractivity contribution >= 4 is 0 Å². The zero-order valence-corrected chi connectivity index (χ0v) is 10.9. The molecule has 1 heteroatoms. The van der Waals surface area contributed by atoms with Gasteiger partial charge >= 0.3 is 0 Å². The Kier molecular flexibility index (Phi) is 10.0. The second-order valence-electron chi connectivity index (χ2n) is 4.56. The van der Waals surface area contributed by atoms with E-state index in [0.717, 1.165) is 12.5 Å². The molecular weight excluding hydrogens is 182 g/mol. The van der Waals surface area contributed by atoms with E-state index < -0.39 is 0 Å². The van der Waals surface area contributed by atoms with E-state index in [2.05, 4.69) is 32.7 Å². The molecule has 90 valence electrons. The van der Waals surface area contributed by atoms with Crippen LogP contribution in [-0.4, -0.2) is 12.1 Å². The first-order valence-corrected chi connectivity index (χ1v) is 6.61. The lowest BCUT2D eigenvalue weighted by atomic mass is 10.0. The summed E-state index contributed by atoms with van der Waals surface area (Å²) in [7, 11) is 0. The molecule has 0 fully saturated rings. The summed E-state index contributed by atoms with van der Waals surface area (Å²) in [6, 6.07) is 1.37. The molecule has 1 N–H and O–H groups in total. The molecule has 0 amide bonds. The molecule has 0 aromatic carbocycles. The first kappa shape index (κ1) is 14.7.